The van der Waals surface area contributed by atoms with E-state index in [4.69, 9.17) is 0 Å². The van der Waals surface area contributed by atoms with Crippen molar-refractivity contribution in [2.75, 3.05) is 21.9 Å². The SMILES string of the molecule is Cc1ccc(N2CCCS2(=O)=O)cc1NC(=O)c1csc(-c2ccccc2)n1. The molecule has 1 aliphatic heterocycles. The number of hydrogen-bond acceptors (Lipinski definition) is 5. The van der Waals surface area contributed by atoms with E-state index in [-0.39, 0.29) is 11.7 Å². The van der Waals surface area contributed by atoms with Gasteiger partial charge in [-0.15, -0.1) is 11.3 Å². The summed E-state index contributed by atoms with van der Waals surface area (Å²) >= 11 is 1.41. The number of hydrogen-bond donors (Lipinski definition) is 1. The largest absolute Gasteiger partial charge is 0.320 e. The summed E-state index contributed by atoms with van der Waals surface area (Å²) in [7, 11) is -3.27. The van der Waals surface area contributed by atoms with Gasteiger partial charge in [-0.05, 0) is 31.0 Å². The van der Waals surface area contributed by atoms with Gasteiger partial charge in [0.15, 0.2) is 0 Å². The van der Waals surface area contributed by atoms with Crippen molar-refractivity contribution in [1.82, 2.24) is 4.98 Å². The molecule has 0 unspecified atom stereocenters. The zero-order valence-corrected chi connectivity index (χ0v) is 16.9. The molecule has 0 saturated carbocycles. The molecule has 28 heavy (non-hydrogen) atoms. The van der Waals surface area contributed by atoms with Crippen molar-refractivity contribution in [2.45, 2.75) is 13.3 Å². The highest BCUT2D eigenvalue weighted by Crippen LogP contribution is 2.29. The van der Waals surface area contributed by atoms with Crippen LogP contribution in [0.1, 0.15) is 22.5 Å². The molecule has 1 fully saturated rings. The summed E-state index contributed by atoms with van der Waals surface area (Å²) in [6.45, 7) is 2.33. The maximum Gasteiger partial charge on any atom is 0.275 e. The molecule has 2 heterocycles. The lowest BCUT2D eigenvalue weighted by Crippen LogP contribution is -2.25. The molecule has 3 aromatic rings. The molecule has 2 aromatic carbocycles. The van der Waals surface area contributed by atoms with E-state index in [1.165, 1.54) is 15.6 Å². The third-order valence-electron chi connectivity index (χ3n) is 4.61. The molecule has 8 heteroatoms. The van der Waals surface area contributed by atoms with Gasteiger partial charge >= 0.3 is 0 Å². The van der Waals surface area contributed by atoms with Crippen molar-refractivity contribution < 1.29 is 13.2 Å². The summed E-state index contributed by atoms with van der Waals surface area (Å²) in [5.41, 5.74) is 3.30. The zero-order chi connectivity index (χ0) is 19.7. The van der Waals surface area contributed by atoms with Crippen LogP contribution in [0.15, 0.2) is 53.9 Å². The molecule has 4 rings (SSSR count). The Morgan fingerprint density at radius 2 is 1.96 bits per heavy atom. The Hall–Kier alpha value is -2.71. The Balaban J connectivity index is 1.57. The number of thiazole rings is 1. The first kappa shape index (κ1) is 18.6. The number of benzene rings is 2. The summed E-state index contributed by atoms with van der Waals surface area (Å²) in [6.07, 6.45) is 0.610. The molecule has 1 saturated heterocycles. The van der Waals surface area contributed by atoms with Gasteiger partial charge in [-0.3, -0.25) is 9.10 Å². The standard InChI is InChI=1S/C20H19N3O3S2/c1-14-8-9-16(23-10-5-11-28(23,25)26)12-17(14)21-19(24)18-13-27-20(22-18)15-6-3-2-4-7-15/h2-4,6-9,12-13H,5,10-11H2,1H3,(H,21,24). The molecule has 1 aliphatic rings. The molecule has 1 N–H and O–H groups in total. The monoisotopic (exact) mass is 413 g/mol. The molecular weight excluding hydrogens is 394 g/mol. The normalized spacial score (nSPS) is 15.5. The third kappa shape index (κ3) is 3.65. The Labute approximate surface area is 167 Å². The first-order valence-electron chi connectivity index (χ1n) is 8.87. The second-order valence-electron chi connectivity index (χ2n) is 6.60. The van der Waals surface area contributed by atoms with Crippen molar-refractivity contribution in [3.8, 4) is 10.6 Å². The number of amides is 1. The number of aryl methyl sites for hydroxylation is 1. The fourth-order valence-electron chi connectivity index (χ4n) is 3.11. The van der Waals surface area contributed by atoms with Crippen LogP contribution in [0.2, 0.25) is 0 Å². The lowest BCUT2D eigenvalue weighted by molar-refractivity contribution is 0.102. The zero-order valence-electron chi connectivity index (χ0n) is 15.3. The molecule has 0 atom stereocenters. The number of sulfonamides is 1. The van der Waals surface area contributed by atoms with Gasteiger partial charge in [-0.25, -0.2) is 13.4 Å². The second kappa shape index (κ2) is 7.37. The molecule has 0 bridgehead atoms. The lowest BCUT2D eigenvalue weighted by Gasteiger charge is -2.18. The number of anilines is 2. The number of aromatic nitrogens is 1. The first-order chi connectivity index (χ1) is 13.4. The Morgan fingerprint density at radius 3 is 2.68 bits per heavy atom. The van der Waals surface area contributed by atoms with Gasteiger partial charge in [0.2, 0.25) is 10.0 Å². The van der Waals surface area contributed by atoms with E-state index in [0.29, 0.717) is 30.0 Å². The first-order valence-corrected chi connectivity index (χ1v) is 11.4. The van der Waals surface area contributed by atoms with E-state index in [1.807, 2.05) is 43.3 Å². The van der Waals surface area contributed by atoms with Crippen molar-refractivity contribution >= 4 is 38.6 Å². The van der Waals surface area contributed by atoms with Gasteiger partial charge in [0, 0.05) is 23.2 Å². The minimum Gasteiger partial charge on any atom is -0.320 e. The van der Waals surface area contributed by atoms with Gasteiger partial charge in [0.25, 0.3) is 5.91 Å². The van der Waals surface area contributed by atoms with Crippen LogP contribution in [-0.4, -0.2) is 31.6 Å². The van der Waals surface area contributed by atoms with Crippen LogP contribution in [0, 0.1) is 6.92 Å². The van der Waals surface area contributed by atoms with Crippen molar-refractivity contribution in [3.63, 3.8) is 0 Å². The van der Waals surface area contributed by atoms with Crippen LogP contribution in [0.25, 0.3) is 10.6 Å². The van der Waals surface area contributed by atoms with Gasteiger partial charge in [-0.2, -0.15) is 0 Å². The molecule has 0 radical (unpaired) electrons. The minimum absolute atomic E-state index is 0.156. The van der Waals surface area contributed by atoms with Crippen LogP contribution < -0.4 is 9.62 Å². The maximum absolute atomic E-state index is 12.7. The summed E-state index contributed by atoms with van der Waals surface area (Å²) in [5.74, 6) is -0.160. The highest BCUT2D eigenvalue weighted by atomic mass is 32.2. The number of rotatable bonds is 4. The van der Waals surface area contributed by atoms with Crippen LogP contribution >= 0.6 is 11.3 Å². The van der Waals surface area contributed by atoms with Gasteiger partial charge in [-0.1, -0.05) is 36.4 Å². The van der Waals surface area contributed by atoms with Crippen LogP contribution in [0.4, 0.5) is 11.4 Å². The topological polar surface area (TPSA) is 79.4 Å². The fraction of sp³-hybridized carbons (Fsp3) is 0.200. The lowest BCUT2D eigenvalue weighted by atomic mass is 10.1. The Morgan fingerprint density at radius 1 is 1.18 bits per heavy atom. The van der Waals surface area contributed by atoms with Crippen molar-refractivity contribution in [1.29, 1.82) is 0 Å². The summed E-state index contributed by atoms with van der Waals surface area (Å²) < 4.78 is 25.7. The van der Waals surface area contributed by atoms with Crippen molar-refractivity contribution in [2.24, 2.45) is 0 Å². The fourth-order valence-corrected chi connectivity index (χ4v) is 5.47. The molecule has 0 spiro atoms. The molecule has 0 aliphatic carbocycles. The number of carbonyl (C=O) groups excluding carboxylic acids is 1. The summed E-state index contributed by atoms with van der Waals surface area (Å²) in [6, 6.07) is 15.0. The molecular formula is C20H19N3O3S2. The molecule has 144 valence electrons. The van der Waals surface area contributed by atoms with E-state index >= 15 is 0 Å². The Bertz CT molecular complexity index is 1120. The smallest absolute Gasteiger partial charge is 0.275 e. The summed E-state index contributed by atoms with van der Waals surface area (Å²) in [5, 5.41) is 5.37. The molecule has 1 amide bonds. The highest BCUT2D eigenvalue weighted by molar-refractivity contribution is 7.93. The van der Waals surface area contributed by atoms with E-state index in [0.717, 1.165) is 16.1 Å². The van der Waals surface area contributed by atoms with Gasteiger partial charge < -0.3 is 5.32 Å². The highest BCUT2D eigenvalue weighted by Gasteiger charge is 2.28. The van der Waals surface area contributed by atoms with E-state index in [9.17, 15) is 13.2 Å². The molecule has 1 aromatic heterocycles. The summed E-state index contributed by atoms with van der Waals surface area (Å²) in [4.78, 5) is 17.1. The van der Waals surface area contributed by atoms with Crippen LogP contribution in [0.3, 0.4) is 0 Å². The number of nitrogens with zero attached hydrogens (tertiary/aromatic N) is 2. The van der Waals surface area contributed by atoms with Crippen LogP contribution in [-0.2, 0) is 10.0 Å². The van der Waals surface area contributed by atoms with Gasteiger partial charge in [0.1, 0.15) is 10.7 Å². The predicted molar refractivity (Wildman–Crippen MR) is 112 cm³/mol. The molecule has 6 nitrogen and oxygen atoms in total. The van der Waals surface area contributed by atoms with E-state index < -0.39 is 10.0 Å². The van der Waals surface area contributed by atoms with Crippen LogP contribution in [0.5, 0.6) is 0 Å². The number of carbonyl (C=O) groups is 1. The van der Waals surface area contributed by atoms with E-state index in [2.05, 4.69) is 10.3 Å². The Kier molecular flexibility index (Phi) is 4.91. The number of nitrogens with one attached hydrogen (secondary N) is 1. The maximum atomic E-state index is 12.7. The predicted octanol–water partition coefficient (Wildman–Crippen LogP) is 3.91. The average Bonchev–Trinajstić information content (AvgIpc) is 3.31. The minimum atomic E-state index is -3.27. The van der Waals surface area contributed by atoms with Gasteiger partial charge in [0.05, 0.1) is 11.4 Å². The quantitative estimate of drug-likeness (QED) is 0.703. The van der Waals surface area contributed by atoms with E-state index in [1.54, 1.807) is 17.5 Å². The van der Waals surface area contributed by atoms with Crippen molar-refractivity contribution in [3.05, 3.63) is 65.2 Å². The third-order valence-corrected chi connectivity index (χ3v) is 7.38. The average molecular weight is 414 g/mol. The second-order valence-corrected chi connectivity index (χ2v) is 9.47.